The number of hydrogen-bond acceptors (Lipinski definition) is 4. The number of rotatable bonds is 5. The van der Waals surface area contributed by atoms with Gasteiger partial charge >= 0.3 is 0 Å². The van der Waals surface area contributed by atoms with Crippen LogP contribution >= 0.6 is 0 Å². The molecule has 1 aliphatic rings. The number of benzene rings is 2. The van der Waals surface area contributed by atoms with E-state index in [2.05, 4.69) is 15.1 Å². The van der Waals surface area contributed by atoms with Crippen molar-refractivity contribution in [2.45, 2.75) is 24.3 Å². The van der Waals surface area contributed by atoms with Crippen LogP contribution in [0.15, 0.2) is 59.8 Å². The van der Waals surface area contributed by atoms with Crippen LogP contribution in [0, 0.1) is 5.82 Å². The van der Waals surface area contributed by atoms with Gasteiger partial charge in [-0.05, 0) is 47.9 Å². The molecule has 144 valence electrons. The van der Waals surface area contributed by atoms with E-state index in [-0.39, 0.29) is 12.3 Å². The maximum absolute atomic E-state index is 14.4. The largest absolute Gasteiger partial charge is 0.326 e. The number of aromatic nitrogens is 2. The Labute approximate surface area is 161 Å². The van der Waals surface area contributed by atoms with Crippen molar-refractivity contribution in [3.05, 3.63) is 71.8 Å². The number of sulfonamides is 1. The van der Waals surface area contributed by atoms with E-state index < -0.39 is 20.7 Å². The number of nitrogens with one attached hydrogen (secondary N) is 2. The molecule has 0 atom stereocenters. The summed E-state index contributed by atoms with van der Waals surface area (Å²) in [5, 5.41) is 6.67. The second-order valence-electron chi connectivity index (χ2n) is 6.49. The first-order valence-corrected chi connectivity index (χ1v) is 10.1. The number of amides is 1. The van der Waals surface area contributed by atoms with Gasteiger partial charge in [0.1, 0.15) is 10.7 Å². The topological polar surface area (TPSA) is 93.1 Å². The molecular formula is C19H17FN4O3S. The van der Waals surface area contributed by atoms with E-state index in [9.17, 15) is 17.6 Å². The first-order chi connectivity index (χ1) is 13.4. The molecule has 3 aromatic rings. The van der Waals surface area contributed by atoms with Crippen molar-refractivity contribution in [3.8, 4) is 0 Å². The van der Waals surface area contributed by atoms with Gasteiger partial charge in [0.15, 0.2) is 0 Å². The number of nitrogens with zero attached hydrogens (tertiary/aromatic N) is 2. The summed E-state index contributed by atoms with van der Waals surface area (Å²) < 4.78 is 43.9. The fraction of sp³-hybridized carbons (Fsp3) is 0.158. The highest BCUT2D eigenvalue weighted by molar-refractivity contribution is 7.92. The Morgan fingerprint density at radius 1 is 1.18 bits per heavy atom. The highest BCUT2D eigenvalue weighted by atomic mass is 32.2. The predicted molar refractivity (Wildman–Crippen MR) is 102 cm³/mol. The summed E-state index contributed by atoms with van der Waals surface area (Å²) in [4.78, 5) is 11.0. The first-order valence-electron chi connectivity index (χ1n) is 8.62. The molecule has 0 aliphatic carbocycles. The van der Waals surface area contributed by atoms with Gasteiger partial charge in [-0.15, -0.1) is 0 Å². The van der Waals surface area contributed by atoms with Crippen molar-refractivity contribution in [3.63, 3.8) is 0 Å². The average Bonchev–Trinajstić information content (AvgIpc) is 3.15. The van der Waals surface area contributed by atoms with Gasteiger partial charge in [-0.25, -0.2) is 12.8 Å². The monoisotopic (exact) mass is 400 g/mol. The molecule has 0 saturated carbocycles. The summed E-state index contributed by atoms with van der Waals surface area (Å²) in [6.45, 7) is 0.561. The Hall–Kier alpha value is -3.20. The van der Waals surface area contributed by atoms with E-state index in [4.69, 9.17) is 0 Å². The smallest absolute Gasteiger partial charge is 0.264 e. The third-order valence-electron chi connectivity index (χ3n) is 4.45. The van der Waals surface area contributed by atoms with Crippen LogP contribution in [-0.4, -0.2) is 24.1 Å². The molecule has 2 N–H and O–H groups in total. The van der Waals surface area contributed by atoms with E-state index >= 15 is 0 Å². The lowest BCUT2D eigenvalue weighted by Crippen LogP contribution is -2.21. The molecule has 0 spiro atoms. The molecular weight excluding hydrogens is 383 g/mol. The molecule has 4 rings (SSSR count). The van der Waals surface area contributed by atoms with Gasteiger partial charge in [-0.1, -0.05) is 12.1 Å². The number of carbonyl (C=O) groups excluding carboxylic acids is 1. The molecule has 2 aromatic carbocycles. The molecule has 2 heterocycles. The zero-order valence-corrected chi connectivity index (χ0v) is 15.5. The number of fused-ring (bicyclic) bond motifs is 1. The molecule has 0 saturated heterocycles. The van der Waals surface area contributed by atoms with Crippen molar-refractivity contribution in [1.29, 1.82) is 0 Å². The van der Waals surface area contributed by atoms with Crippen molar-refractivity contribution in [1.82, 2.24) is 9.78 Å². The highest BCUT2D eigenvalue weighted by Crippen LogP contribution is 2.29. The van der Waals surface area contributed by atoms with E-state index in [1.54, 1.807) is 35.1 Å². The van der Waals surface area contributed by atoms with E-state index in [0.29, 0.717) is 29.9 Å². The lowest BCUT2D eigenvalue weighted by molar-refractivity contribution is -0.116. The Bertz CT molecular complexity index is 1130. The summed E-state index contributed by atoms with van der Waals surface area (Å²) in [6.07, 6.45) is 4.12. The van der Waals surface area contributed by atoms with Crippen molar-refractivity contribution >= 4 is 27.3 Å². The van der Waals surface area contributed by atoms with Crippen molar-refractivity contribution < 1.29 is 17.6 Å². The molecule has 0 bridgehead atoms. The first kappa shape index (κ1) is 18.2. The van der Waals surface area contributed by atoms with Gasteiger partial charge in [-0.2, -0.15) is 5.10 Å². The number of halogens is 1. The summed E-state index contributed by atoms with van der Waals surface area (Å²) in [5.41, 5.74) is 2.18. The minimum Gasteiger partial charge on any atom is -0.326 e. The average molecular weight is 400 g/mol. The van der Waals surface area contributed by atoms with E-state index in [1.807, 2.05) is 12.3 Å². The second kappa shape index (κ2) is 7.08. The maximum atomic E-state index is 14.4. The Morgan fingerprint density at radius 3 is 2.68 bits per heavy atom. The third-order valence-corrected chi connectivity index (χ3v) is 5.85. The quantitative estimate of drug-likeness (QED) is 0.689. The molecule has 0 unspecified atom stereocenters. The molecule has 1 aromatic heterocycles. The highest BCUT2D eigenvalue weighted by Gasteiger charge is 2.24. The van der Waals surface area contributed by atoms with E-state index in [0.717, 1.165) is 11.6 Å². The Morgan fingerprint density at radius 2 is 1.96 bits per heavy atom. The van der Waals surface area contributed by atoms with Crippen LogP contribution in [0.25, 0.3) is 0 Å². The van der Waals surface area contributed by atoms with Crippen molar-refractivity contribution in [2.75, 3.05) is 10.0 Å². The number of anilines is 2. The van der Waals surface area contributed by atoms with Crippen molar-refractivity contribution in [2.24, 2.45) is 0 Å². The molecule has 0 fully saturated rings. The lowest BCUT2D eigenvalue weighted by Gasteiger charge is -2.18. The minimum absolute atomic E-state index is 0.212. The number of aryl methyl sites for hydroxylation is 1. The van der Waals surface area contributed by atoms with Crippen LogP contribution < -0.4 is 10.0 Å². The fourth-order valence-electron chi connectivity index (χ4n) is 3.05. The van der Waals surface area contributed by atoms with Crippen LogP contribution in [-0.2, 0) is 27.8 Å². The van der Waals surface area contributed by atoms with Gasteiger partial charge < -0.3 is 5.32 Å². The van der Waals surface area contributed by atoms with Gasteiger partial charge in [0.25, 0.3) is 10.0 Å². The predicted octanol–water partition coefficient (Wildman–Crippen LogP) is 2.76. The minimum atomic E-state index is -4.11. The Balaban J connectivity index is 1.55. The standard InChI is InChI=1S/C19H17FN4O3S/c20-16-11-17-14(4-7-19(25)22-17)10-18(16)28(26,27)23-15-5-2-13(3-6-15)12-24-9-1-8-21-24/h1-3,5-6,8-11,23H,4,7,12H2,(H,22,25). The SMILES string of the molecule is O=C1CCc2cc(S(=O)(=O)Nc3ccc(Cn4cccn4)cc3)c(F)cc2N1. The summed E-state index contributed by atoms with van der Waals surface area (Å²) >= 11 is 0. The lowest BCUT2D eigenvalue weighted by atomic mass is 10.0. The van der Waals surface area contributed by atoms with Gasteiger partial charge in [0.2, 0.25) is 5.91 Å². The van der Waals surface area contributed by atoms with Crippen LogP contribution in [0.5, 0.6) is 0 Å². The summed E-state index contributed by atoms with van der Waals surface area (Å²) in [5.74, 6) is -1.13. The van der Waals surface area contributed by atoms with E-state index in [1.165, 1.54) is 6.07 Å². The number of hydrogen-bond donors (Lipinski definition) is 2. The zero-order chi connectivity index (χ0) is 19.7. The molecule has 7 nitrogen and oxygen atoms in total. The van der Waals surface area contributed by atoms with Crippen LogP contribution in [0.4, 0.5) is 15.8 Å². The third kappa shape index (κ3) is 3.74. The van der Waals surface area contributed by atoms with Gasteiger partial charge in [-0.3, -0.25) is 14.2 Å². The maximum Gasteiger partial charge on any atom is 0.264 e. The van der Waals surface area contributed by atoms with Crippen LogP contribution in [0.3, 0.4) is 0 Å². The fourth-order valence-corrected chi connectivity index (χ4v) is 4.22. The molecule has 28 heavy (non-hydrogen) atoms. The molecule has 1 amide bonds. The molecule has 9 heteroatoms. The van der Waals surface area contributed by atoms with Gasteiger partial charge in [0, 0.05) is 30.2 Å². The Kier molecular flexibility index (Phi) is 4.60. The second-order valence-corrected chi connectivity index (χ2v) is 8.14. The molecule has 1 aliphatic heterocycles. The number of carbonyl (C=O) groups is 1. The zero-order valence-electron chi connectivity index (χ0n) is 14.7. The normalized spacial score (nSPS) is 13.7. The molecule has 0 radical (unpaired) electrons. The summed E-state index contributed by atoms with van der Waals surface area (Å²) in [6, 6.07) is 10.9. The van der Waals surface area contributed by atoms with Gasteiger partial charge in [0.05, 0.1) is 6.54 Å². The van der Waals surface area contributed by atoms with Crippen LogP contribution in [0.1, 0.15) is 17.5 Å². The summed E-state index contributed by atoms with van der Waals surface area (Å²) in [7, 11) is -4.11. The van der Waals surface area contributed by atoms with Crippen LogP contribution in [0.2, 0.25) is 0 Å².